The standard InChI is InChI=1S/C12H20N2O4/c15-11(13-5-7-18-8-6-13)9-14(10-1-2-10)4-3-12(16)17/h10H,1-9H2,(H,16,17). The molecule has 102 valence electrons. The zero-order chi connectivity index (χ0) is 13.0. The lowest BCUT2D eigenvalue weighted by Crippen LogP contribution is -2.46. The molecule has 1 heterocycles. The van der Waals surface area contributed by atoms with Crippen molar-refractivity contribution in [1.82, 2.24) is 9.80 Å². The fraction of sp³-hybridized carbons (Fsp3) is 0.833. The molecular formula is C12H20N2O4. The lowest BCUT2D eigenvalue weighted by Gasteiger charge is -2.29. The van der Waals surface area contributed by atoms with Crippen LogP contribution in [-0.2, 0) is 14.3 Å². The van der Waals surface area contributed by atoms with Crippen molar-refractivity contribution in [3.8, 4) is 0 Å². The minimum Gasteiger partial charge on any atom is -0.481 e. The molecule has 1 saturated heterocycles. The zero-order valence-electron chi connectivity index (χ0n) is 10.5. The van der Waals surface area contributed by atoms with Crippen molar-refractivity contribution in [3.63, 3.8) is 0 Å². The lowest BCUT2D eigenvalue weighted by atomic mass is 10.3. The van der Waals surface area contributed by atoms with Crippen LogP contribution in [0.25, 0.3) is 0 Å². The summed E-state index contributed by atoms with van der Waals surface area (Å²) in [5, 5.41) is 8.71. The summed E-state index contributed by atoms with van der Waals surface area (Å²) in [6.07, 6.45) is 2.26. The number of carbonyl (C=O) groups excluding carboxylic acids is 1. The third kappa shape index (κ3) is 3.96. The second-order valence-electron chi connectivity index (χ2n) is 4.84. The monoisotopic (exact) mass is 256 g/mol. The summed E-state index contributed by atoms with van der Waals surface area (Å²) in [5.41, 5.74) is 0. The topological polar surface area (TPSA) is 70.1 Å². The normalized spacial score (nSPS) is 20.2. The molecule has 18 heavy (non-hydrogen) atoms. The molecule has 2 rings (SSSR count). The van der Waals surface area contributed by atoms with Crippen LogP contribution in [0, 0.1) is 0 Å². The SMILES string of the molecule is O=C(O)CCN(CC(=O)N1CCOCC1)C1CC1. The van der Waals surface area contributed by atoms with Crippen molar-refractivity contribution < 1.29 is 19.4 Å². The van der Waals surface area contributed by atoms with Crippen molar-refractivity contribution >= 4 is 11.9 Å². The molecule has 1 saturated carbocycles. The summed E-state index contributed by atoms with van der Waals surface area (Å²) in [6, 6.07) is 0.411. The Labute approximate surface area is 106 Å². The van der Waals surface area contributed by atoms with Crippen LogP contribution in [0.15, 0.2) is 0 Å². The zero-order valence-corrected chi connectivity index (χ0v) is 10.5. The lowest BCUT2D eigenvalue weighted by molar-refractivity contribution is -0.140. The van der Waals surface area contributed by atoms with Gasteiger partial charge in [-0.1, -0.05) is 0 Å². The first-order chi connectivity index (χ1) is 8.66. The number of nitrogens with zero attached hydrogens (tertiary/aromatic N) is 2. The highest BCUT2D eigenvalue weighted by atomic mass is 16.5. The number of carboxylic acid groups (broad SMARTS) is 1. The smallest absolute Gasteiger partial charge is 0.304 e. The third-order valence-electron chi connectivity index (χ3n) is 3.38. The quantitative estimate of drug-likeness (QED) is 0.711. The van der Waals surface area contributed by atoms with Gasteiger partial charge in [-0.25, -0.2) is 0 Å². The van der Waals surface area contributed by atoms with Crippen LogP contribution in [0.4, 0.5) is 0 Å². The molecule has 2 aliphatic rings. The summed E-state index contributed by atoms with van der Waals surface area (Å²) in [6.45, 7) is 3.31. The van der Waals surface area contributed by atoms with E-state index < -0.39 is 5.97 Å². The average Bonchev–Trinajstić information content (AvgIpc) is 3.19. The summed E-state index contributed by atoms with van der Waals surface area (Å²) in [7, 11) is 0. The number of hydrogen-bond donors (Lipinski definition) is 1. The van der Waals surface area contributed by atoms with Crippen LogP contribution in [-0.4, -0.2) is 72.2 Å². The molecule has 0 aromatic rings. The van der Waals surface area contributed by atoms with E-state index in [0.717, 1.165) is 12.8 Å². The van der Waals surface area contributed by atoms with E-state index in [1.807, 2.05) is 4.90 Å². The number of hydrogen-bond acceptors (Lipinski definition) is 4. The second kappa shape index (κ2) is 6.15. The molecule has 0 unspecified atom stereocenters. The Morgan fingerprint density at radius 3 is 2.50 bits per heavy atom. The summed E-state index contributed by atoms with van der Waals surface area (Å²) in [5.74, 6) is -0.713. The number of rotatable bonds is 6. The Bertz CT molecular complexity index is 311. The van der Waals surface area contributed by atoms with Gasteiger partial charge in [0.05, 0.1) is 26.2 Å². The van der Waals surface area contributed by atoms with Crippen molar-refractivity contribution in [2.75, 3.05) is 39.4 Å². The van der Waals surface area contributed by atoms with E-state index in [9.17, 15) is 9.59 Å². The van der Waals surface area contributed by atoms with Gasteiger partial charge in [0, 0.05) is 25.7 Å². The van der Waals surface area contributed by atoms with Crippen molar-refractivity contribution in [2.45, 2.75) is 25.3 Å². The van der Waals surface area contributed by atoms with E-state index in [2.05, 4.69) is 0 Å². The van der Waals surface area contributed by atoms with Crippen LogP contribution < -0.4 is 0 Å². The molecule has 0 aromatic heterocycles. The highest BCUT2D eigenvalue weighted by molar-refractivity contribution is 5.78. The van der Waals surface area contributed by atoms with Gasteiger partial charge in [-0.05, 0) is 12.8 Å². The summed E-state index contributed by atoms with van der Waals surface area (Å²) < 4.78 is 5.21. The van der Waals surface area contributed by atoms with E-state index in [-0.39, 0.29) is 12.3 Å². The Morgan fingerprint density at radius 2 is 1.94 bits per heavy atom. The van der Waals surface area contributed by atoms with E-state index >= 15 is 0 Å². The van der Waals surface area contributed by atoms with Crippen molar-refractivity contribution in [1.29, 1.82) is 0 Å². The highest BCUT2D eigenvalue weighted by Crippen LogP contribution is 2.26. The number of aliphatic carboxylic acids is 1. The van der Waals surface area contributed by atoms with Gasteiger partial charge in [-0.3, -0.25) is 14.5 Å². The van der Waals surface area contributed by atoms with E-state index in [0.29, 0.717) is 45.4 Å². The highest BCUT2D eigenvalue weighted by Gasteiger charge is 2.31. The van der Waals surface area contributed by atoms with E-state index in [1.54, 1.807) is 4.90 Å². The first kappa shape index (κ1) is 13.3. The van der Waals surface area contributed by atoms with Gasteiger partial charge in [-0.15, -0.1) is 0 Å². The van der Waals surface area contributed by atoms with E-state index in [4.69, 9.17) is 9.84 Å². The minimum absolute atomic E-state index is 0.0931. The molecule has 0 atom stereocenters. The van der Waals surface area contributed by atoms with Crippen LogP contribution in [0.5, 0.6) is 0 Å². The Kier molecular flexibility index (Phi) is 4.54. The minimum atomic E-state index is -0.806. The summed E-state index contributed by atoms with van der Waals surface area (Å²) >= 11 is 0. The van der Waals surface area contributed by atoms with Crippen LogP contribution >= 0.6 is 0 Å². The molecule has 0 bridgehead atoms. The number of morpholine rings is 1. The van der Waals surface area contributed by atoms with Gasteiger partial charge < -0.3 is 14.7 Å². The third-order valence-corrected chi connectivity index (χ3v) is 3.38. The Balaban J connectivity index is 1.79. The molecule has 0 aromatic carbocycles. The van der Waals surface area contributed by atoms with Gasteiger partial charge in [-0.2, -0.15) is 0 Å². The second-order valence-corrected chi connectivity index (χ2v) is 4.84. The van der Waals surface area contributed by atoms with Gasteiger partial charge >= 0.3 is 5.97 Å². The van der Waals surface area contributed by atoms with Crippen molar-refractivity contribution in [2.24, 2.45) is 0 Å². The predicted molar refractivity (Wildman–Crippen MR) is 64.2 cm³/mol. The van der Waals surface area contributed by atoms with Gasteiger partial charge in [0.15, 0.2) is 0 Å². The van der Waals surface area contributed by atoms with Crippen molar-refractivity contribution in [3.05, 3.63) is 0 Å². The molecule has 1 N–H and O–H groups in total. The van der Waals surface area contributed by atoms with Gasteiger partial charge in [0.1, 0.15) is 0 Å². The molecule has 6 nitrogen and oxygen atoms in total. The predicted octanol–water partition coefficient (Wildman–Crippen LogP) is -0.216. The molecule has 0 spiro atoms. The summed E-state index contributed by atoms with van der Waals surface area (Å²) in [4.78, 5) is 26.5. The number of carboxylic acids is 1. The maximum absolute atomic E-state index is 12.1. The maximum atomic E-state index is 12.1. The van der Waals surface area contributed by atoms with Crippen LogP contribution in [0.3, 0.4) is 0 Å². The Hall–Kier alpha value is -1.14. The molecule has 2 fully saturated rings. The van der Waals surface area contributed by atoms with Gasteiger partial charge in [0.2, 0.25) is 5.91 Å². The Morgan fingerprint density at radius 1 is 1.28 bits per heavy atom. The molecule has 1 aliphatic carbocycles. The number of amides is 1. The van der Waals surface area contributed by atoms with Gasteiger partial charge in [0.25, 0.3) is 0 Å². The van der Waals surface area contributed by atoms with Crippen LogP contribution in [0.2, 0.25) is 0 Å². The first-order valence-electron chi connectivity index (χ1n) is 6.48. The largest absolute Gasteiger partial charge is 0.481 e. The fourth-order valence-corrected chi connectivity index (χ4v) is 2.16. The molecule has 1 amide bonds. The van der Waals surface area contributed by atoms with Crippen LogP contribution in [0.1, 0.15) is 19.3 Å². The number of ether oxygens (including phenoxy) is 1. The molecule has 0 radical (unpaired) electrons. The van der Waals surface area contributed by atoms with E-state index in [1.165, 1.54) is 0 Å². The number of carbonyl (C=O) groups is 2. The molecule has 6 heteroatoms. The fourth-order valence-electron chi connectivity index (χ4n) is 2.16. The average molecular weight is 256 g/mol. The first-order valence-corrected chi connectivity index (χ1v) is 6.48. The molecule has 1 aliphatic heterocycles. The maximum Gasteiger partial charge on any atom is 0.304 e. The molecular weight excluding hydrogens is 236 g/mol.